The molecule has 130 valence electrons. The Morgan fingerprint density at radius 1 is 1.29 bits per heavy atom. The van der Waals surface area contributed by atoms with E-state index in [2.05, 4.69) is 4.57 Å². The summed E-state index contributed by atoms with van der Waals surface area (Å²) in [4.78, 5) is 24.4. The molecule has 0 saturated carbocycles. The van der Waals surface area contributed by atoms with Crippen LogP contribution >= 0.6 is 0 Å². The third-order valence-corrected chi connectivity index (χ3v) is 4.12. The molecular weight excluding hydrogens is 308 g/mol. The molecule has 0 aliphatic carbocycles. The monoisotopic (exact) mass is 332 g/mol. The lowest BCUT2D eigenvalue weighted by Gasteiger charge is -2.17. The first kappa shape index (κ1) is 18.0. The number of carbonyl (C=O) groups is 2. The molecule has 1 atom stereocenters. The molecule has 0 radical (unpaired) electrons. The van der Waals surface area contributed by atoms with Gasteiger partial charge < -0.3 is 18.6 Å². The number of esters is 1. The fourth-order valence-electron chi connectivity index (χ4n) is 3.01. The van der Waals surface area contributed by atoms with Crippen LogP contribution in [-0.4, -0.2) is 41.2 Å². The van der Waals surface area contributed by atoms with E-state index in [4.69, 9.17) is 9.47 Å². The lowest BCUT2D eigenvalue weighted by Crippen LogP contribution is -2.18. The summed E-state index contributed by atoms with van der Waals surface area (Å²) in [5, 5.41) is 0. The molecule has 6 nitrogen and oxygen atoms in total. The molecule has 24 heavy (non-hydrogen) atoms. The molecule has 6 heteroatoms. The normalized spacial score (nSPS) is 12.2. The molecule has 0 fully saturated rings. The summed E-state index contributed by atoms with van der Waals surface area (Å²) in [6, 6.07) is 5.37. The van der Waals surface area contributed by atoms with Gasteiger partial charge in [-0.3, -0.25) is 4.79 Å². The van der Waals surface area contributed by atoms with Gasteiger partial charge in [-0.25, -0.2) is 4.79 Å². The van der Waals surface area contributed by atoms with Gasteiger partial charge in [0, 0.05) is 37.3 Å². The Morgan fingerprint density at radius 3 is 2.58 bits per heavy atom. The van der Waals surface area contributed by atoms with E-state index in [1.807, 2.05) is 26.8 Å². The molecule has 0 aliphatic heterocycles. The maximum atomic E-state index is 12.4. The number of Topliss-reactive ketones (excluding diaryl/α,β-unsaturated/α-hetero) is 1. The highest BCUT2D eigenvalue weighted by Gasteiger charge is 2.20. The van der Waals surface area contributed by atoms with E-state index in [1.54, 1.807) is 37.1 Å². The smallest absolute Gasteiger partial charge is 0.355 e. The van der Waals surface area contributed by atoms with Crippen LogP contribution in [0.4, 0.5) is 0 Å². The minimum Gasteiger partial charge on any atom is -0.453 e. The number of aryl methyl sites for hydroxylation is 2. The predicted molar refractivity (Wildman–Crippen MR) is 90.5 cm³/mol. The minimum atomic E-state index is -0.502. The second-order valence-electron chi connectivity index (χ2n) is 5.96. The highest BCUT2D eigenvalue weighted by Crippen LogP contribution is 2.21. The largest absolute Gasteiger partial charge is 0.453 e. The minimum absolute atomic E-state index is 0.127. The second kappa shape index (κ2) is 7.49. The molecule has 0 aliphatic rings. The summed E-state index contributed by atoms with van der Waals surface area (Å²) in [6.07, 6.45) is 1.75. The molecule has 2 aromatic heterocycles. The van der Waals surface area contributed by atoms with Gasteiger partial charge in [0.05, 0.1) is 12.6 Å². The van der Waals surface area contributed by atoms with Gasteiger partial charge in [-0.05, 0) is 39.0 Å². The molecule has 2 rings (SSSR count). The Bertz CT molecular complexity index is 742. The second-order valence-corrected chi connectivity index (χ2v) is 5.96. The standard InChI is InChI=1S/C18H24N2O4/c1-12-9-15(14(3)20(12)13(2)10-23-5)17(21)11-24-18(22)16-7-6-8-19(16)4/h6-9,13H,10-11H2,1-5H3/t13-/m1/s1. The lowest BCUT2D eigenvalue weighted by atomic mass is 10.1. The predicted octanol–water partition coefficient (Wildman–Crippen LogP) is 2.69. The van der Waals surface area contributed by atoms with Gasteiger partial charge in [0.15, 0.2) is 6.61 Å². The zero-order valence-electron chi connectivity index (χ0n) is 14.8. The van der Waals surface area contributed by atoms with Crippen LogP contribution in [0.25, 0.3) is 0 Å². The molecule has 0 saturated heterocycles. The molecule has 0 N–H and O–H groups in total. The number of aromatic nitrogens is 2. The van der Waals surface area contributed by atoms with Crippen LogP contribution in [0.5, 0.6) is 0 Å². The number of ketones is 1. The molecule has 0 unspecified atom stereocenters. The SMILES string of the molecule is COC[C@@H](C)n1c(C)cc(C(=O)COC(=O)c2cccn2C)c1C. The Morgan fingerprint density at radius 2 is 2.00 bits per heavy atom. The Hall–Kier alpha value is -2.34. The van der Waals surface area contributed by atoms with Crippen LogP contribution in [0.1, 0.15) is 45.2 Å². The fourth-order valence-corrected chi connectivity index (χ4v) is 3.01. The van der Waals surface area contributed by atoms with Crippen molar-refractivity contribution in [2.24, 2.45) is 7.05 Å². The van der Waals surface area contributed by atoms with Crippen molar-refractivity contribution in [1.82, 2.24) is 9.13 Å². The molecule has 0 bridgehead atoms. The first-order valence-electron chi connectivity index (χ1n) is 7.85. The number of methoxy groups -OCH3 is 1. The summed E-state index contributed by atoms with van der Waals surface area (Å²) < 4.78 is 14.1. The quantitative estimate of drug-likeness (QED) is 0.578. The van der Waals surface area contributed by atoms with Crippen LogP contribution in [0.15, 0.2) is 24.4 Å². The van der Waals surface area contributed by atoms with E-state index in [-0.39, 0.29) is 18.4 Å². The lowest BCUT2D eigenvalue weighted by molar-refractivity contribution is 0.0465. The number of hydrogen-bond acceptors (Lipinski definition) is 4. The summed E-state index contributed by atoms with van der Waals surface area (Å²) >= 11 is 0. The highest BCUT2D eigenvalue weighted by molar-refractivity contribution is 6.00. The van der Waals surface area contributed by atoms with Gasteiger partial charge in [-0.1, -0.05) is 0 Å². The van der Waals surface area contributed by atoms with Gasteiger partial charge in [0.25, 0.3) is 0 Å². The van der Waals surface area contributed by atoms with Crippen LogP contribution in [-0.2, 0) is 16.5 Å². The molecule has 2 heterocycles. The van der Waals surface area contributed by atoms with Crippen molar-refractivity contribution in [1.29, 1.82) is 0 Å². The molecule has 0 spiro atoms. The van der Waals surface area contributed by atoms with Crippen LogP contribution < -0.4 is 0 Å². The van der Waals surface area contributed by atoms with E-state index >= 15 is 0 Å². The van der Waals surface area contributed by atoms with Crippen molar-refractivity contribution in [3.05, 3.63) is 47.0 Å². The third kappa shape index (κ3) is 3.59. The zero-order chi connectivity index (χ0) is 17.9. The van der Waals surface area contributed by atoms with E-state index in [0.717, 1.165) is 11.4 Å². The number of ether oxygens (including phenoxy) is 2. The summed E-state index contributed by atoms with van der Waals surface area (Å²) in [6.45, 7) is 6.17. The summed E-state index contributed by atoms with van der Waals surface area (Å²) in [5.41, 5.74) is 2.84. The fraction of sp³-hybridized carbons (Fsp3) is 0.444. The van der Waals surface area contributed by atoms with Gasteiger partial charge in [0.1, 0.15) is 5.69 Å². The van der Waals surface area contributed by atoms with Gasteiger partial charge >= 0.3 is 5.97 Å². The average Bonchev–Trinajstić information content (AvgIpc) is 3.08. The van der Waals surface area contributed by atoms with Crippen molar-refractivity contribution in [2.75, 3.05) is 20.3 Å². The number of carbonyl (C=O) groups excluding carboxylic acids is 2. The van der Waals surface area contributed by atoms with Crippen molar-refractivity contribution in [3.63, 3.8) is 0 Å². The summed E-state index contributed by atoms with van der Waals surface area (Å²) in [5.74, 6) is -0.709. The van der Waals surface area contributed by atoms with Crippen molar-refractivity contribution in [3.8, 4) is 0 Å². The van der Waals surface area contributed by atoms with Crippen LogP contribution in [0.3, 0.4) is 0 Å². The topological polar surface area (TPSA) is 62.5 Å². The van der Waals surface area contributed by atoms with E-state index in [9.17, 15) is 9.59 Å². The van der Waals surface area contributed by atoms with Crippen molar-refractivity contribution in [2.45, 2.75) is 26.8 Å². The maximum Gasteiger partial charge on any atom is 0.355 e. The van der Waals surface area contributed by atoms with Crippen LogP contribution in [0, 0.1) is 13.8 Å². The maximum absolute atomic E-state index is 12.4. The zero-order valence-corrected chi connectivity index (χ0v) is 14.8. The van der Waals surface area contributed by atoms with E-state index in [0.29, 0.717) is 17.9 Å². The van der Waals surface area contributed by atoms with Crippen molar-refractivity contribution < 1.29 is 19.1 Å². The molecule has 0 aromatic carbocycles. The Kier molecular flexibility index (Phi) is 5.62. The van der Waals surface area contributed by atoms with E-state index in [1.165, 1.54) is 0 Å². The van der Waals surface area contributed by atoms with E-state index < -0.39 is 5.97 Å². The highest BCUT2D eigenvalue weighted by atomic mass is 16.5. The first-order valence-corrected chi connectivity index (χ1v) is 7.85. The average molecular weight is 332 g/mol. The Labute approximate surface area is 142 Å². The van der Waals surface area contributed by atoms with Gasteiger partial charge in [-0.2, -0.15) is 0 Å². The summed E-state index contributed by atoms with van der Waals surface area (Å²) in [7, 11) is 3.41. The third-order valence-electron chi connectivity index (χ3n) is 4.12. The van der Waals surface area contributed by atoms with Gasteiger partial charge in [-0.15, -0.1) is 0 Å². The number of hydrogen-bond donors (Lipinski definition) is 0. The number of rotatable bonds is 7. The van der Waals surface area contributed by atoms with Crippen LogP contribution in [0.2, 0.25) is 0 Å². The molecule has 0 amide bonds. The molecule has 2 aromatic rings. The number of nitrogens with zero attached hydrogens (tertiary/aromatic N) is 2. The van der Waals surface area contributed by atoms with Crippen molar-refractivity contribution >= 4 is 11.8 Å². The van der Waals surface area contributed by atoms with Gasteiger partial charge in [0.2, 0.25) is 5.78 Å². The molecular formula is C18H24N2O4. The Balaban J connectivity index is 2.09. The first-order chi connectivity index (χ1) is 11.4.